The molecule has 1 heterocycles. The van der Waals surface area contributed by atoms with Gasteiger partial charge in [-0.25, -0.2) is 0 Å². The number of alkyl halides is 3. The number of methoxy groups -OCH3 is 1. The third-order valence-corrected chi connectivity index (χ3v) is 5.92. The van der Waals surface area contributed by atoms with Crippen LogP contribution in [0, 0.1) is 0 Å². The van der Waals surface area contributed by atoms with Crippen LogP contribution in [0.3, 0.4) is 0 Å². The van der Waals surface area contributed by atoms with E-state index in [9.17, 15) is 22.8 Å². The van der Waals surface area contributed by atoms with Crippen molar-refractivity contribution in [2.45, 2.75) is 38.3 Å². The van der Waals surface area contributed by atoms with Gasteiger partial charge in [-0.05, 0) is 55.7 Å². The second-order valence-electron chi connectivity index (χ2n) is 8.07. The summed E-state index contributed by atoms with van der Waals surface area (Å²) in [6.07, 6.45) is -2.73. The Bertz CT molecular complexity index is 1160. The Hall–Kier alpha value is -3.55. The van der Waals surface area contributed by atoms with Crippen molar-refractivity contribution in [3.8, 4) is 5.75 Å². The van der Waals surface area contributed by atoms with Crippen molar-refractivity contribution in [3.05, 3.63) is 82.2 Å². The largest absolute Gasteiger partial charge is 0.497 e. The predicted octanol–water partition coefficient (Wildman–Crippen LogP) is 5.32. The predicted molar refractivity (Wildman–Crippen MR) is 118 cm³/mol. The quantitative estimate of drug-likeness (QED) is 0.654. The normalized spacial score (nSPS) is 18.6. The molecular weight excluding hydrogens is 433 g/mol. The molecule has 1 aliphatic heterocycles. The Labute approximate surface area is 189 Å². The highest BCUT2D eigenvalue weighted by molar-refractivity contribution is 6.09. The second-order valence-corrected chi connectivity index (χ2v) is 8.07. The van der Waals surface area contributed by atoms with Crippen LogP contribution in [-0.4, -0.2) is 18.8 Å². The van der Waals surface area contributed by atoms with Gasteiger partial charge in [0.05, 0.1) is 12.7 Å². The third kappa shape index (κ3) is 4.51. The van der Waals surface area contributed by atoms with Crippen molar-refractivity contribution in [3.63, 3.8) is 0 Å². The first-order valence-electron chi connectivity index (χ1n) is 10.6. The van der Waals surface area contributed by atoms with E-state index in [1.165, 1.54) is 12.1 Å². The van der Waals surface area contributed by atoms with Crippen molar-refractivity contribution in [1.29, 1.82) is 0 Å². The molecule has 0 bridgehead atoms. The minimum Gasteiger partial charge on any atom is -0.497 e. The number of nitrogens with one attached hydrogen (secondary N) is 2. The number of hydrogen-bond acceptors (Lipinski definition) is 4. The van der Waals surface area contributed by atoms with Crippen molar-refractivity contribution in [1.82, 2.24) is 5.32 Å². The Morgan fingerprint density at radius 3 is 2.52 bits per heavy atom. The molecule has 0 aromatic heterocycles. The maximum absolute atomic E-state index is 13.4. The first kappa shape index (κ1) is 22.6. The Morgan fingerprint density at radius 1 is 1.12 bits per heavy atom. The summed E-state index contributed by atoms with van der Waals surface area (Å²) in [5.74, 6) is -0.607. The number of carbonyl (C=O) groups excluding carboxylic acids is 2. The molecule has 2 aliphatic rings. The number of amides is 1. The molecule has 2 aromatic carbocycles. The third-order valence-electron chi connectivity index (χ3n) is 5.92. The van der Waals surface area contributed by atoms with Gasteiger partial charge in [-0.1, -0.05) is 18.2 Å². The molecule has 33 heavy (non-hydrogen) atoms. The molecule has 4 rings (SSSR count). The van der Waals surface area contributed by atoms with Crippen molar-refractivity contribution in [2.24, 2.45) is 0 Å². The van der Waals surface area contributed by atoms with E-state index in [0.29, 0.717) is 35.4 Å². The lowest BCUT2D eigenvalue weighted by Crippen LogP contribution is -2.35. The summed E-state index contributed by atoms with van der Waals surface area (Å²) in [5.41, 5.74) is 2.09. The van der Waals surface area contributed by atoms with Crippen LogP contribution in [0.1, 0.15) is 43.2 Å². The van der Waals surface area contributed by atoms with E-state index >= 15 is 0 Å². The number of Topliss-reactive ketones (excluding diaryl/α,β-unsaturated/α-hetero) is 1. The van der Waals surface area contributed by atoms with Gasteiger partial charge in [-0.3, -0.25) is 9.59 Å². The van der Waals surface area contributed by atoms with Gasteiger partial charge in [0.15, 0.2) is 5.78 Å². The molecule has 2 aromatic rings. The minimum absolute atomic E-state index is 0.0263. The van der Waals surface area contributed by atoms with Crippen molar-refractivity contribution in [2.75, 3.05) is 12.4 Å². The van der Waals surface area contributed by atoms with Gasteiger partial charge in [0, 0.05) is 40.6 Å². The SMILES string of the molecule is COc1ccc([C@@H]2C(C(=O)Nc3cccc(C(F)(F)F)c3)=C(C)NC3=C2C(=O)CCC3)cc1. The van der Waals surface area contributed by atoms with Crippen LogP contribution >= 0.6 is 0 Å². The molecule has 0 unspecified atom stereocenters. The van der Waals surface area contributed by atoms with Crippen molar-refractivity contribution < 1.29 is 27.5 Å². The first-order valence-corrected chi connectivity index (χ1v) is 10.6. The summed E-state index contributed by atoms with van der Waals surface area (Å²) in [7, 11) is 1.54. The molecule has 8 heteroatoms. The summed E-state index contributed by atoms with van der Waals surface area (Å²) >= 11 is 0. The van der Waals surface area contributed by atoms with Crippen molar-refractivity contribution >= 4 is 17.4 Å². The number of ketones is 1. The topological polar surface area (TPSA) is 67.4 Å². The van der Waals surface area contributed by atoms with Crippen LogP contribution < -0.4 is 15.4 Å². The number of anilines is 1. The lowest BCUT2D eigenvalue weighted by Gasteiger charge is -2.34. The molecule has 5 nitrogen and oxygen atoms in total. The average molecular weight is 456 g/mol. The first-order chi connectivity index (χ1) is 15.7. The van der Waals surface area contributed by atoms with E-state index in [-0.39, 0.29) is 11.5 Å². The number of carbonyl (C=O) groups is 2. The highest BCUT2D eigenvalue weighted by Crippen LogP contribution is 2.43. The van der Waals surface area contributed by atoms with Gasteiger partial charge in [-0.2, -0.15) is 13.2 Å². The number of hydrogen-bond donors (Lipinski definition) is 2. The Balaban J connectivity index is 1.74. The van der Waals surface area contributed by atoms with Crippen LogP contribution in [0.5, 0.6) is 5.75 Å². The summed E-state index contributed by atoms with van der Waals surface area (Å²) in [6.45, 7) is 1.74. The van der Waals surface area contributed by atoms with E-state index in [1.54, 1.807) is 38.3 Å². The monoisotopic (exact) mass is 456 g/mol. The molecule has 0 saturated heterocycles. The molecule has 0 spiro atoms. The van der Waals surface area contributed by atoms with E-state index in [0.717, 1.165) is 29.8 Å². The van der Waals surface area contributed by atoms with Crippen LogP contribution in [0.25, 0.3) is 0 Å². The lowest BCUT2D eigenvalue weighted by atomic mass is 9.75. The fourth-order valence-corrected chi connectivity index (χ4v) is 4.39. The average Bonchev–Trinajstić information content (AvgIpc) is 2.78. The van der Waals surface area contributed by atoms with E-state index < -0.39 is 23.6 Å². The molecule has 1 atom stereocenters. The number of halogens is 3. The van der Waals surface area contributed by atoms with Crippen LogP contribution in [-0.2, 0) is 15.8 Å². The fourth-order valence-electron chi connectivity index (χ4n) is 4.39. The number of dihydropyridines is 1. The molecule has 0 fully saturated rings. The number of rotatable bonds is 4. The smallest absolute Gasteiger partial charge is 0.416 e. The zero-order valence-corrected chi connectivity index (χ0v) is 18.2. The van der Waals surface area contributed by atoms with Gasteiger partial charge in [0.2, 0.25) is 0 Å². The maximum Gasteiger partial charge on any atom is 0.416 e. The zero-order chi connectivity index (χ0) is 23.8. The molecule has 2 N–H and O–H groups in total. The lowest BCUT2D eigenvalue weighted by molar-refractivity contribution is -0.137. The van der Waals surface area contributed by atoms with Crippen LogP contribution in [0.15, 0.2) is 71.1 Å². The highest BCUT2D eigenvalue weighted by atomic mass is 19.4. The zero-order valence-electron chi connectivity index (χ0n) is 18.2. The van der Waals surface area contributed by atoms with Gasteiger partial charge < -0.3 is 15.4 Å². The summed E-state index contributed by atoms with van der Waals surface area (Å²) in [6, 6.07) is 11.6. The minimum atomic E-state index is -4.53. The number of ether oxygens (including phenoxy) is 1. The van der Waals surface area contributed by atoms with Crippen LogP contribution in [0.4, 0.5) is 18.9 Å². The number of benzene rings is 2. The van der Waals surface area contributed by atoms with E-state index in [4.69, 9.17) is 4.74 Å². The summed E-state index contributed by atoms with van der Waals surface area (Å²) < 4.78 is 44.6. The van der Waals surface area contributed by atoms with Gasteiger partial charge >= 0.3 is 6.18 Å². The van der Waals surface area contributed by atoms with Gasteiger partial charge in [-0.15, -0.1) is 0 Å². The van der Waals surface area contributed by atoms with Crippen LogP contribution in [0.2, 0.25) is 0 Å². The molecule has 1 aliphatic carbocycles. The summed E-state index contributed by atoms with van der Waals surface area (Å²) in [5, 5.41) is 5.79. The standard InChI is InChI=1S/C25H23F3N2O3/c1-14-21(24(32)30-17-6-3-5-16(13-17)25(26,27)28)22(15-9-11-18(33-2)12-10-15)23-19(29-14)7-4-8-20(23)31/h3,5-6,9-13,22,29H,4,7-8H2,1-2H3,(H,30,32)/t22-/m1/s1. The van der Waals surface area contributed by atoms with E-state index in [2.05, 4.69) is 10.6 Å². The Kier molecular flexibility index (Phi) is 6.01. The van der Waals surface area contributed by atoms with Gasteiger partial charge in [0.1, 0.15) is 5.75 Å². The number of allylic oxidation sites excluding steroid dienone is 3. The summed E-state index contributed by atoms with van der Waals surface area (Å²) in [4.78, 5) is 26.3. The Morgan fingerprint density at radius 2 is 1.85 bits per heavy atom. The second kappa shape index (κ2) is 8.77. The molecule has 1 amide bonds. The molecule has 0 saturated carbocycles. The van der Waals surface area contributed by atoms with Gasteiger partial charge in [0.25, 0.3) is 5.91 Å². The molecule has 0 radical (unpaired) electrons. The fraction of sp³-hybridized carbons (Fsp3) is 0.280. The molecular formula is C25H23F3N2O3. The highest BCUT2D eigenvalue weighted by Gasteiger charge is 2.38. The van der Waals surface area contributed by atoms with E-state index in [1.807, 2.05) is 0 Å². The molecule has 172 valence electrons. The maximum atomic E-state index is 13.4.